The molecule has 0 amide bonds. The van der Waals surface area contributed by atoms with E-state index in [9.17, 15) is 0 Å². The van der Waals surface area contributed by atoms with Gasteiger partial charge in [-0.25, -0.2) is 0 Å². The van der Waals surface area contributed by atoms with Gasteiger partial charge in [0, 0.05) is 9.24 Å². The summed E-state index contributed by atoms with van der Waals surface area (Å²) in [5.41, 5.74) is 9.14. The molecule has 1 rings (SSSR count). The van der Waals surface area contributed by atoms with Crippen molar-refractivity contribution in [2.24, 2.45) is 5.11 Å². The van der Waals surface area contributed by atoms with Gasteiger partial charge in [-0.2, -0.15) is 0 Å². The van der Waals surface area contributed by atoms with Crippen LogP contribution in [0.25, 0.3) is 16.5 Å². The number of nitrogens with zero attached hydrogens (tertiary/aromatic N) is 3. The second-order valence-corrected chi connectivity index (χ2v) is 6.54. The predicted octanol–water partition coefficient (Wildman–Crippen LogP) is 4.94. The number of benzene rings is 1. The molecule has 0 aliphatic heterocycles. The molecule has 0 saturated heterocycles. The first-order chi connectivity index (χ1) is 7.89. The smallest absolute Gasteiger partial charge is 0.0790 e. The Labute approximate surface area is 110 Å². The Kier molecular flexibility index (Phi) is 4.38. The summed E-state index contributed by atoms with van der Waals surface area (Å²) in [5, 5.41) is 3.89. The van der Waals surface area contributed by atoms with Crippen LogP contribution in [0.1, 0.15) is 26.3 Å². The van der Waals surface area contributed by atoms with Gasteiger partial charge in [-0.1, -0.05) is 63.5 Å². The summed E-state index contributed by atoms with van der Waals surface area (Å²) in [6, 6.07) is 9.94. The third-order valence-electron chi connectivity index (χ3n) is 2.86. The van der Waals surface area contributed by atoms with E-state index in [1.165, 1.54) is 0 Å². The fourth-order valence-corrected chi connectivity index (χ4v) is 1.48. The molecule has 0 radical (unpaired) electrons. The first-order valence-corrected chi connectivity index (χ1v) is 6.18. The van der Waals surface area contributed by atoms with E-state index in [-0.39, 0.29) is 4.32 Å². The molecule has 0 spiro atoms. The number of azide groups is 1. The van der Waals surface area contributed by atoms with Crippen molar-refractivity contribution < 1.29 is 0 Å². The highest BCUT2D eigenvalue weighted by molar-refractivity contribution is 9.10. The Morgan fingerprint density at radius 3 is 2.29 bits per heavy atom. The van der Waals surface area contributed by atoms with Gasteiger partial charge in [0.05, 0.1) is 5.54 Å². The van der Waals surface area contributed by atoms with E-state index in [0.29, 0.717) is 0 Å². The molecule has 0 saturated carbocycles. The van der Waals surface area contributed by atoms with E-state index < -0.39 is 5.54 Å². The summed E-state index contributed by atoms with van der Waals surface area (Å²) in [6.07, 6.45) is 3.90. The highest BCUT2D eigenvalue weighted by atomic mass is 79.9. The molecule has 0 aliphatic carbocycles. The first kappa shape index (κ1) is 13.8. The monoisotopic (exact) mass is 293 g/mol. The topological polar surface area (TPSA) is 48.8 Å². The number of hydrogen-bond acceptors (Lipinski definition) is 1. The normalized spacial score (nSPS) is 15.3. The van der Waals surface area contributed by atoms with Gasteiger partial charge in [-0.05, 0) is 31.9 Å². The van der Waals surface area contributed by atoms with E-state index >= 15 is 0 Å². The zero-order valence-electron chi connectivity index (χ0n) is 10.3. The third kappa shape index (κ3) is 3.62. The molecule has 0 aliphatic rings. The van der Waals surface area contributed by atoms with Crippen LogP contribution in [-0.4, -0.2) is 9.86 Å². The van der Waals surface area contributed by atoms with Crippen molar-refractivity contribution >= 4 is 22.0 Å². The predicted molar refractivity (Wildman–Crippen MR) is 76.0 cm³/mol. The Bertz CT molecular complexity index is 441. The lowest BCUT2D eigenvalue weighted by Crippen LogP contribution is -2.38. The molecule has 0 fully saturated rings. The van der Waals surface area contributed by atoms with Gasteiger partial charge < -0.3 is 0 Å². The average Bonchev–Trinajstić information content (AvgIpc) is 2.27. The van der Waals surface area contributed by atoms with Crippen molar-refractivity contribution in [2.75, 3.05) is 0 Å². The molecular formula is C13H16BrN3. The molecule has 1 unspecified atom stereocenters. The highest BCUT2D eigenvalue weighted by Crippen LogP contribution is 2.35. The second-order valence-electron chi connectivity index (χ2n) is 4.55. The molecule has 1 atom stereocenters. The van der Waals surface area contributed by atoms with E-state index in [2.05, 4.69) is 26.0 Å². The van der Waals surface area contributed by atoms with Gasteiger partial charge in [0.2, 0.25) is 0 Å². The van der Waals surface area contributed by atoms with Crippen LogP contribution in [0.2, 0.25) is 0 Å². The molecule has 0 bridgehead atoms. The zero-order valence-corrected chi connectivity index (χ0v) is 11.8. The van der Waals surface area contributed by atoms with Crippen molar-refractivity contribution in [1.29, 1.82) is 0 Å². The van der Waals surface area contributed by atoms with Crippen LogP contribution in [-0.2, 0) is 0 Å². The van der Waals surface area contributed by atoms with Crippen molar-refractivity contribution in [1.82, 2.24) is 0 Å². The Morgan fingerprint density at radius 2 is 1.82 bits per heavy atom. The lowest BCUT2D eigenvalue weighted by molar-refractivity contribution is 0.470. The summed E-state index contributed by atoms with van der Waals surface area (Å²) in [7, 11) is 0. The van der Waals surface area contributed by atoms with Crippen molar-refractivity contribution in [3.05, 3.63) is 52.4 Å². The standard InChI is InChI=1S/C13H16BrN3/c1-12(2,14)13(3,16-17-15)10-9-11-7-5-4-6-8-11/h4-10H,1-3H3. The van der Waals surface area contributed by atoms with E-state index in [0.717, 1.165) is 5.56 Å². The van der Waals surface area contributed by atoms with Crippen LogP contribution in [0.4, 0.5) is 0 Å². The van der Waals surface area contributed by atoms with Gasteiger partial charge in [-0.3, -0.25) is 0 Å². The molecular weight excluding hydrogens is 278 g/mol. The Morgan fingerprint density at radius 1 is 1.24 bits per heavy atom. The van der Waals surface area contributed by atoms with Crippen LogP contribution in [0, 0.1) is 0 Å². The maximum absolute atomic E-state index is 8.67. The number of alkyl halides is 1. The SMILES string of the molecule is CC(C)(Br)C(C)(C=Cc1ccccc1)N=[N+]=[N-]. The summed E-state index contributed by atoms with van der Waals surface area (Å²) in [4.78, 5) is 2.93. The fourth-order valence-electron chi connectivity index (χ4n) is 1.27. The lowest BCUT2D eigenvalue weighted by Gasteiger charge is -2.33. The third-order valence-corrected chi connectivity index (χ3v) is 3.66. The Hall–Kier alpha value is -1.25. The summed E-state index contributed by atoms with van der Waals surface area (Å²) >= 11 is 3.56. The van der Waals surface area contributed by atoms with Crippen LogP contribution in [0.5, 0.6) is 0 Å². The molecule has 3 nitrogen and oxygen atoms in total. The summed E-state index contributed by atoms with van der Waals surface area (Å²) in [6.45, 7) is 5.87. The van der Waals surface area contributed by atoms with Gasteiger partial charge >= 0.3 is 0 Å². The average molecular weight is 294 g/mol. The van der Waals surface area contributed by atoms with Crippen LogP contribution in [0.15, 0.2) is 41.5 Å². The maximum Gasteiger partial charge on any atom is 0.0790 e. The van der Waals surface area contributed by atoms with Crippen LogP contribution < -0.4 is 0 Å². The fraction of sp³-hybridized carbons (Fsp3) is 0.385. The molecule has 1 aromatic rings. The number of hydrogen-bond donors (Lipinski definition) is 0. The minimum absolute atomic E-state index is 0.308. The zero-order chi connectivity index (χ0) is 12.9. The van der Waals surface area contributed by atoms with Gasteiger partial charge in [0.1, 0.15) is 0 Å². The van der Waals surface area contributed by atoms with Crippen LogP contribution >= 0.6 is 15.9 Å². The molecule has 0 N–H and O–H groups in total. The van der Waals surface area contributed by atoms with Gasteiger partial charge in [-0.15, -0.1) is 0 Å². The highest BCUT2D eigenvalue weighted by Gasteiger charge is 2.36. The van der Waals surface area contributed by atoms with Gasteiger partial charge in [0.25, 0.3) is 0 Å². The molecule has 90 valence electrons. The summed E-state index contributed by atoms with van der Waals surface area (Å²) < 4.78 is -0.308. The summed E-state index contributed by atoms with van der Waals surface area (Å²) in [5.74, 6) is 0. The van der Waals surface area contributed by atoms with E-state index in [1.807, 2.05) is 63.3 Å². The first-order valence-electron chi connectivity index (χ1n) is 5.38. The molecule has 0 aromatic heterocycles. The minimum atomic E-state index is -0.614. The molecule has 0 heterocycles. The van der Waals surface area contributed by atoms with Crippen molar-refractivity contribution in [2.45, 2.75) is 30.6 Å². The van der Waals surface area contributed by atoms with Crippen LogP contribution in [0.3, 0.4) is 0 Å². The minimum Gasteiger partial charge on any atom is -0.0849 e. The largest absolute Gasteiger partial charge is 0.0849 e. The van der Waals surface area contributed by atoms with Crippen molar-refractivity contribution in [3.63, 3.8) is 0 Å². The molecule has 1 aromatic carbocycles. The second kappa shape index (κ2) is 5.39. The van der Waals surface area contributed by atoms with Gasteiger partial charge in [0.15, 0.2) is 0 Å². The quantitative estimate of drug-likeness (QED) is 0.327. The maximum atomic E-state index is 8.67. The molecule has 4 heteroatoms. The molecule has 17 heavy (non-hydrogen) atoms. The lowest BCUT2D eigenvalue weighted by atomic mass is 9.88. The van der Waals surface area contributed by atoms with E-state index in [4.69, 9.17) is 5.53 Å². The number of halogens is 1. The Balaban J connectivity index is 3.04. The number of rotatable bonds is 4. The van der Waals surface area contributed by atoms with Crippen molar-refractivity contribution in [3.8, 4) is 0 Å². The van der Waals surface area contributed by atoms with E-state index in [1.54, 1.807) is 0 Å².